The van der Waals surface area contributed by atoms with E-state index in [0.717, 1.165) is 16.5 Å². The van der Waals surface area contributed by atoms with E-state index in [9.17, 15) is 9.90 Å². The maximum atomic E-state index is 11.9. The number of aliphatic carboxylic acids is 1. The van der Waals surface area contributed by atoms with E-state index in [1.54, 1.807) is 6.20 Å². The van der Waals surface area contributed by atoms with Crippen LogP contribution < -0.4 is 5.73 Å². The van der Waals surface area contributed by atoms with Crippen LogP contribution in [-0.2, 0) is 11.2 Å². The molecule has 0 saturated heterocycles. The smallest absolute Gasteiger partial charge is 0.307 e. The molecule has 0 amide bonds. The molecule has 2 heterocycles. The number of fused-ring (bicyclic) bond motifs is 1. The number of pyridine rings is 1. The number of benzene rings is 1. The average molecular weight is 354 g/mol. The van der Waals surface area contributed by atoms with Crippen molar-refractivity contribution in [2.45, 2.75) is 32.6 Å². The standard InChI is InChI=1S/C18H22N6O2/c1-10(2)5-15(18(25)26)14(17-21-23-24-22-17)7-11-3-4-16-12(6-11)8-13(19)9-20-16/h3-4,6,8-10,14-15H,5,7,19H2,1-2H3,(H,25,26)(H,21,22,23,24)/t14-,15-/m0/s1. The summed E-state index contributed by atoms with van der Waals surface area (Å²) in [5.74, 6) is -1.16. The molecule has 0 spiro atoms. The predicted molar refractivity (Wildman–Crippen MR) is 97.4 cm³/mol. The van der Waals surface area contributed by atoms with E-state index in [1.165, 1.54) is 0 Å². The Morgan fingerprint density at radius 3 is 2.77 bits per heavy atom. The highest BCUT2D eigenvalue weighted by molar-refractivity contribution is 5.81. The molecule has 26 heavy (non-hydrogen) atoms. The van der Waals surface area contributed by atoms with E-state index in [0.29, 0.717) is 24.4 Å². The van der Waals surface area contributed by atoms with Gasteiger partial charge in [0.05, 0.1) is 23.3 Å². The Labute approximate surface area is 150 Å². The Morgan fingerprint density at radius 2 is 2.12 bits per heavy atom. The molecule has 0 aliphatic heterocycles. The molecule has 2 atom stereocenters. The Hall–Kier alpha value is -3.03. The van der Waals surface area contributed by atoms with Gasteiger partial charge in [-0.3, -0.25) is 9.78 Å². The van der Waals surface area contributed by atoms with Crippen molar-refractivity contribution in [2.24, 2.45) is 11.8 Å². The van der Waals surface area contributed by atoms with E-state index in [-0.39, 0.29) is 11.8 Å². The number of hydrogen-bond acceptors (Lipinski definition) is 6. The second kappa shape index (κ2) is 7.47. The molecule has 3 rings (SSSR count). The fraction of sp³-hybridized carbons (Fsp3) is 0.389. The van der Waals surface area contributed by atoms with Gasteiger partial charge >= 0.3 is 5.97 Å². The predicted octanol–water partition coefficient (Wildman–Crippen LogP) is 2.40. The molecule has 8 nitrogen and oxygen atoms in total. The van der Waals surface area contributed by atoms with Gasteiger partial charge in [-0.2, -0.15) is 5.21 Å². The lowest BCUT2D eigenvalue weighted by molar-refractivity contribution is -0.143. The van der Waals surface area contributed by atoms with Crippen LogP contribution in [0.25, 0.3) is 10.9 Å². The number of carboxylic acid groups (broad SMARTS) is 1. The van der Waals surface area contributed by atoms with E-state index < -0.39 is 11.9 Å². The number of tetrazole rings is 1. The fourth-order valence-corrected chi connectivity index (χ4v) is 3.26. The molecular weight excluding hydrogens is 332 g/mol. The molecule has 8 heteroatoms. The molecule has 3 aromatic rings. The number of nitrogens with two attached hydrogens (primary N) is 1. The zero-order chi connectivity index (χ0) is 18.7. The van der Waals surface area contributed by atoms with Crippen molar-refractivity contribution >= 4 is 22.6 Å². The average Bonchev–Trinajstić information content (AvgIpc) is 3.11. The number of nitrogen functional groups attached to an aromatic ring is 1. The van der Waals surface area contributed by atoms with Gasteiger partial charge in [-0.25, -0.2) is 0 Å². The van der Waals surface area contributed by atoms with Crippen molar-refractivity contribution in [3.05, 3.63) is 41.9 Å². The summed E-state index contributed by atoms with van der Waals surface area (Å²) < 4.78 is 0. The number of aromatic amines is 1. The topological polar surface area (TPSA) is 131 Å². The van der Waals surface area contributed by atoms with Gasteiger partial charge < -0.3 is 10.8 Å². The molecule has 136 valence electrons. The molecule has 1 aromatic carbocycles. The van der Waals surface area contributed by atoms with Crippen molar-refractivity contribution in [2.75, 3.05) is 5.73 Å². The minimum atomic E-state index is -0.847. The van der Waals surface area contributed by atoms with Crippen LogP contribution >= 0.6 is 0 Å². The lowest BCUT2D eigenvalue weighted by atomic mass is 9.81. The van der Waals surface area contributed by atoms with Gasteiger partial charge in [-0.05, 0) is 42.5 Å². The Bertz CT molecular complexity index is 894. The second-order valence-corrected chi connectivity index (χ2v) is 6.95. The fourth-order valence-electron chi connectivity index (χ4n) is 3.26. The second-order valence-electron chi connectivity index (χ2n) is 6.95. The summed E-state index contributed by atoms with van der Waals surface area (Å²) in [6, 6.07) is 7.71. The number of hydrogen-bond donors (Lipinski definition) is 3. The molecule has 4 N–H and O–H groups in total. The summed E-state index contributed by atoms with van der Waals surface area (Å²) in [5.41, 5.74) is 8.24. The van der Waals surface area contributed by atoms with Gasteiger partial charge in [-0.1, -0.05) is 25.1 Å². The first-order valence-corrected chi connectivity index (χ1v) is 8.54. The van der Waals surface area contributed by atoms with Crippen LogP contribution in [0.1, 0.15) is 37.6 Å². The molecule has 0 saturated carbocycles. The first-order chi connectivity index (χ1) is 12.4. The van der Waals surface area contributed by atoms with Gasteiger partial charge in [0.1, 0.15) is 0 Å². The lowest BCUT2D eigenvalue weighted by Gasteiger charge is -2.23. The zero-order valence-electron chi connectivity index (χ0n) is 14.8. The number of H-pyrrole nitrogens is 1. The van der Waals surface area contributed by atoms with Gasteiger partial charge in [0.25, 0.3) is 0 Å². The molecule has 0 unspecified atom stereocenters. The maximum Gasteiger partial charge on any atom is 0.307 e. The van der Waals surface area contributed by atoms with Gasteiger partial charge in [0, 0.05) is 11.3 Å². The summed E-state index contributed by atoms with van der Waals surface area (Å²) in [6.45, 7) is 4.02. The molecule has 0 radical (unpaired) electrons. The number of carbonyl (C=O) groups is 1. The molecular formula is C18H22N6O2. The van der Waals surface area contributed by atoms with Crippen LogP contribution in [0, 0.1) is 11.8 Å². The van der Waals surface area contributed by atoms with Gasteiger partial charge in [0.15, 0.2) is 5.82 Å². The largest absolute Gasteiger partial charge is 0.481 e. The lowest BCUT2D eigenvalue weighted by Crippen LogP contribution is -2.26. The summed E-state index contributed by atoms with van der Waals surface area (Å²) >= 11 is 0. The highest BCUT2D eigenvalue weighted by atomic mass is 16.4. The number of aromatic nitrogens is 5. The van der Waals surface area contributed by atoms with E-state index >= 15 is 0 Å². The number of carboxylic acids is 1. The normalized spacial score (nSPS) is 13.8. The first-order valence-electron chi connectivity index (χ1n) is 8.54. The quantitative estimate of drug-likeness (QED) is 0.593. The van der Waals surface area contributed by atoms with Gasteiger partial charge in [-0.15, -0.1) is 10.2 Å². The third kappa shape index (κ3) is 3.96. The van der Waals surface area contributed by atoms with Crippen LogP contribution in [0.4, 0.5) is 5.69 Å². The minimum absolute atomic E-state index is 0.242. The maximum absolute atomic E-state index is 11.9. The first kappa shape index (κ1) is 17.8. The van der Waals surface area contributed by atoms with Crippen molar-refractivity contribution in [1.82, 2.24) is 25.6 Å². The Balaban J connectivity index is 1.96. The molecule has 0 aliphatic carbocycles. The van der Waals surface area contributed by atoms with Crippen molar-refractivity contribution in [3.8, 4) is 0 Å². The number of anilines is 1. The molecule has 0 aliphatic rings. The van der Waals surface area contributed by atoms with Crippen molar-refractivity contribution in [1.29, 1.82) is 0 Å². The van der Waals surface area contributed by atoms with E-state index in [1.807, 2.05) is 38.1 Å². The molecule has 0 bridgehead atoms. The minimum Gasteiger partial charge on any atom is -0.481 e. The zero-order valence-corrected chi connectivity index (χ0v) is 14.8. The van der Waals surface area contributed by atoms with Crippen molar-refractivity contribution in [3.63, 3.8) is 0 Å². The van der Waals surface area contributed by atoms with E-state index in [2.05, 4.69) is 25.6 Å². The summed E-state index contributed by atoms with van der Waals surface area (Å²) in [4.78, 5) is 16.2. The third-order valence-corrected chi connectivity index (χ3v) is 4.44. The van der Waals surface area contributed by atoms with Crippen LogP contribution in [0.5, 0.6) is 0 Å². The van der Waals surface area contributed by atoms with Crippen LogP contribution in [0.3, 0.4) is 0 Å². The Kier molecular flexibility index (Phi) is 5.11. The third-order valence-electron chi connectivity index (χ3n) is 4.44. The number of nitrogens with one attached hydrogen (secondary N) is 1. The number of nitrogens with zero attached hydrogens (tertiary/aromatic N) is 4. The highest BCUT2D eigenvalue weighted by Crippen LogP contribution is 2.32. The Morgan fingerprint density at radius 1 is 1.31 bits per heavy atom. The highest BCUT2D eigenvalue weighted by Gasteiger charge is 2.33. The number of rotatable bonds is 7. The van der Waals surface area contributed by atoms with Gasteiger partial charge in [0.2, 0.25) is 0 Å². The summed E-state index contributed by atoms with van der Waals surface area (Å²) in [6.07, 6.45) is 2.65. The SMILES string of the molecule is CC(C)C[C@H](C(=O)O)[C@H](Cc1ccc2ncc(N)cc2c1)c1nn[nH]n1. The van der Waals surface area contributed by atoms with Crippen LogP contribution in [0.15, 0.2) is 30.5 Å². The molecule has 0 fully saturated rings. The van der Waals surface area contributed by atoms with E-state index in [4.69, 9.17) is 5.73 Å². The van der Waals surface area contributed by atoms with Crippen LogP contribution in [-0.4, -0.2) is 36.7 Å². The molecule has 2 aromatic heterocycles. The summed E-state index contributed by atoms with van der Waals surface area (Å²) in [7, 11) is 0. The monoisotopic (exact) mass is 354 g/mol. The van der Waals surface area contributed by atoms with Crippen molar-refractivity contribution < 1.29 is 9.90 Å². The van der Waals surface area contributed by atoms with Crippen LogP contribution in [0.2, 0.25) is 0 Å². The summed E-state index contributed by atoms with van der Waals surface area (Å²) in [5, 5.41) is 24.8.